The summed E-state index contributed by atoms with van der Waals surface area (Å²) in [5.74, 6) is -0.360. The summed E-state index contributed by atoms with van der Waals surface area (Å²) in [6.45, 7) is 1.84. The summed E-state index contributed by atoms with van der Waals surface area (Å²) < 4.78 is 14.5. The molecule has 0 unspecified atom stereocenters. The fourth-order valence-corrected chi connectivity index (χ4v) is 2.27. The topological polar surface area (TPSA) is 60.9 Å². The lowest BCUT2D eigenvalue weighted by Gasteiger charge is -1.99. The lowest BCUT2D eigenvalue weighted by molar-refractivity contribution is 0.248. The number of aryl methyl sites for hydroxylation is 1. The van der Waals surface area contributed by atoms with Crippen molar-refractivity contribution in [2.45, 2.75) is 6.92 Å². The minimum atomic E-state index is -0.674. The number of aromatic nitrogens is 2. The van der Waals surface area contributed by atoms with Crippen molar-refractivity contribution in [1.29, 1.82) is 0 Å². The maximum Gasteiger partial charge on any atom is 0.340 e. The van der Waals surface area contributed by atoms with E-state index in [1.807, 2.05) is 6.92 Å². The molecule has 0 aliphatic rings. The number of carbonyl (C=O) groups is 1. The summed E-state index contributed by atoms with van der Waals surface area (Å²) in [5, 5.41) is 4.93. The Labute approximate surface area is 114 Å². The number of nitrogens with two attached hydrogens (primary N) is 1. The first kappa shape index (κ1) is 12.3. The summed E-state index contributed by atoms with van der Waals surface area (Å²) in [6.07, 6.45) is 0. The number of rotatable bonds is 1. The van der Waals surface area contributed by atoms with Crippen LogP contribution in [0.3, 0.4) is 0 Å². The first-order chi connectivity index (χ1) is 9.58. The van der Waals surface area contributed by atoms with Gasteiger partial charge in [0.15, 0.2) is 0 Å². The predicted octanol–water partition coefficient (Wildman–Crippen LogP) is 2.88. The summed E-state index contributed by atoms with van der Waals surface area (Å²) in [6, 6.07) is 11.8. The molecule has 0 bridgehead atoms. The van der Waals surface area contributed by atoms with Gasteiger partial charge in [-0.15, -0.1) is 0 Å². The first-order valence-electron chi connectivity index (χ1n) is 6.03. The van der Waals surface area contributed by atoms with Gasteiger partial charge in [0.1, 0.15) is 11.5 Å². The minimum absolute atomic E-state index is 0.360. The molecule has 1 amide bonds. The maximum absolute atomic E-state index is 13.4. The van der Waals surface area contributed by atoms with Crippen molar-refractivity contribution >= 4 is 16.9 Å². The van der Waals surface area contributed by atoms with Gasteiger partial charge in [-0.05, 0) is 42.8 Å². The van der Waals surface area contributed by atoms with Gasteiger partial charge in [-0.2, -0.15) is 9.78 Å². The Kier molecular flexibility index (Phi) is 2.75. The molecule has 0 atom stereocenters. The third kappa shape index (κ3) is 1.84. The van der Waals surface area contributed by atoms with Gasteiger partial charge in [-0.3, -0.25) is 0 Å². The third-order valence-electron chi connectivity index (χ3n) is 3.13. The zero-order valence-electron chi connectivity index (χ0n) is 10.7. The molecule has 0 saturated heterocycles. The number of nitrogens with zero attached hydrogens (tertiary/aromatic N) is 2. The van der Waals surface area contributed by atoms with Gasteiger partial charge < -0.3 is 5.73 Å². The lowest BCUT2D eigenvalue weighted by atomic mass is 10.1. The Morgan fingerprint density at radius 3 is 2.90 bits per heavy atom. The van der Waals surface area contributed by atoms with E-state index < -0.39 is 6.03 Å². The second kappa shape index (κ2) is 4.45. The van der Waals surface area contributed by atoms with E-state index in [2.05, 4.69) is 11.2 Å². The van der Waals surface area contributed by atoms with Crippen LogP contribution in [0.2, 0.25) is 0 Å². The quantitative estimate of drug-likeness (QED) is 0.737. The first-order valence-corrected chi connectivity index (χ1v) is 6.03. The van der Waals surface area contributed by atoms with Crippen LogP contribution in [0.25, 0.3) is 22.2 Å². The van der Waals surface area contributed by atoms with Crippen LogP contribution in [-0.2, 0) is 0 Å². The molecule has 20 heavy (non-hydrogen) atoms. The van der Waals surface area contributed by atoms with Crippen molar-refractivity contribution in [1.82, 2.24) is 9.78 Å². The van der Waals surface area contributed by atoms with Crippen LogP contribution in [0.4, 0.5) is 9.18 Å². The Hall–Kier alpha value is -2.69. The molecule has 0 spiro atoms. The van der Waals surface area contributed by atoms with Gasteiger partial charge in [-0.1, -0.05) is 12.1 Å². The number of hydrogen-bond donors (Lipinski definition) is 1. The van der Waals surface area contributed by atoms with Crippen LogP contribution in [0.1, 0.15) is 5.56 Å². The van der Waals surface area contributed by atoms with Gasteiger partial charge in [0.05, 0.1) is 5.52 Å². The molecular weight excluding hydrogens is 257 g/mol. The molecule has 5 heteroatoms. The highest BCUT2D eigenvalue weighted by atomic mass is 19.1. The van der Waals surface area contributed by atoms with E-state index in [0.717, 1.165) is 15.6 Å². The lowest BCUT2D eigenvalue weighted by Crippen LogP contribution is -2.20. The van der Waals surface area contributed by atoms with Crippen LogP contribution < -0.4 is 5.73 Å². The van der Waals surface area contributed by atoms with Crippen molar-refractivity contribution in [2.24, 2.45) is 5.73 Å². The van der Waals surface area contributed by atoms with Gasteiger partial charge in [0.25, 0.3) is 0 Å². The highest BCUT2D eigenvalue weighted by Gasteiger charge is 2.16. The Balaban J connectivity index is 2.38. The van der Waals surface area contributed by atoms with Crippen molar-refractivity contribution in [3.8, 4) is 11.3 Å². The Bertz CT molecular complexity index is 823. The van der Waals surface area contributed by atoms with E-state index >= 15 is 0 Å². The standard InChI is InChI=1S/C15H11FN3O/c1-9-4-2-7-12-13(10-5-3-6-11(16)8-10)18-19(14(9)12)15(17)20/h3-8H,1H3,(H2,17,20). The number of primary amides is 1. The average Bonchev–Trinajstić information content (AvgIpc) is 2.80. The Morgan fingerprint density at radius 2 is 2.20 bits per heavy atom. The smallest absolute Gasteiger partial charge is 0.340 e. The van der Waals surface area contributed by atoms with E-state index in [0.29, 0.717) is 16.8 Å². The molecule has 2 aromatic carbocycles. The molecule has 3 aromatic rings. The van der Waals surface area contributed by atoms with E-state index in [-0.39, 0.29) is 5.82 Å². The van der Waals surface area contributed by atoms with Crippen LogP contribution in [0.15, 0.2) is 36.4 Å². The summed E-state index contributed by atoms with van der Waals surface area (Å²) in [5.41, 5.74) is 7.90. The number of benzene rings is 2. The number of halogens is 1. The second-order valence-corrected chi connectivity index (χ2v) is 4.51. The Morgan fingerprint density at radius 1 is 1.40 bits per heavy atom. The van der Waals surface area contributed by atoms with E-state index in [1.54, 1.807) is 24.3 Å². The zero-order chi connectivity index (χ0) is 14.3. The van der Waals surface area contributed by atoms with Crippen molar-refractivity contribution < 1.29 is 9.18 Å². The third-order valence-corrected chi connectivity index (χ3v) is 3.13. The largest absolute Gasteiger partial charge is 0.350 e. The average molecular weight is 268 g/mol. The van der Waals surface area contributed by atoms with Gasteiger partial charge in [0.2, 0.25) is 0 Å². The number of amides is 1. The van der Waals surface area contributed by atoms with Gasteiger partial charge >= 0.3 is 6.03 Å². The molecule has 0 aliphatic carbocycles. The van der Waals surface area contributed by atoms with Crippen molar-refractivity contribution in [3.63, 3.8) is 0 Å². The van der Waals surface area contributed by atoms with Gasteiger partial charge in [0, 0.05) is 10.9 Å². The van der Waals surface area contributed by atoms with E-state index in [4.69, 9.17) is 5.73 Å². The van der Waals surface area contributed by atoms with Crippen LogP contribution >= 0.6 is 0 Å². The molecule has 0 saturated carbocycles. The molecule has 0 fully saturated rings. The fourth-order valence-electron chi connectivity index (χ4n) is 2.27. The highest BCUT2D eigenvalue weighted by molar-refractivity contribution is 5.99. The number of fused-ring (bicyclic) bond motifs is 1. The fraction of sp³-hybridized carbons (Fsp3) is 0.0667. The SMILES string of the molecule is Cc1c[c]cc2c(-c3cccc(F)c3)nn(C(N)=O)c12. The molecule has 2 N–H and O–H groups in total. The molecule has 99 valence electrons. The molecule has 1 aromatic heterocycles. The van der Waals surface area contributed by atoms with Crippen LogP contribution in [-0.4, -0.2) is 15.8 Å². The predicted molar refractivity (Wildman–Crippen MR) is 73.7 cm³/mol. The normalized spacial score (nSPS) is 10.9. The van der Waals surface area contributed by atoms with Crippen LogP contribution in [0.5, 0.6) is 0 Å². The molecule has 1 heterocycles. The van der Waals surface area contributed by atoms with Crippen molar-refractivity contribution in [2.75, 3.05) is 0 Å². The summed E-state index contributed by atoms with van der Waals surface area (Å²) in [4.78, 5) is 11.5. The maximum atomic E-state index is 13.4. The molecule has 4 nitrogen and oxygen atoms in total. The minimum Gasteiger partial charge on any atom is -0.350 e. The van der Waals surface area contributed by atoms with E-state index in [1.165, 1.54) is 12.1 Å². The number of hydrogen-bond acceptors (Lipinski definition) is 2. The molecular formula is C15H11FN3O. The monoisotopic (exact) mass is 268 g/mol. The summed E-state index contributed by atoms with van der Waals surface area (Å²) >= 11 is 0. The van der Waals surface area contributed by atoms with Gasteiger partial charge in [-0.25, -0.2) is 9.18 Å². The summed E-state index contributed by atoms with van der Waals surface area (Å²) in [7, 11) is 0. The van der Waals surface area contributed by atoms with Crippen LogP contribution in [0, 0.1) is 18.8 Å². The molecule has 3 rings (SSSR count). The zero-order valence-corrected chi connectivity index (χ0v) is 10.7. The van der Waals surface area contributed by atoms with E-state index in [9.17, 15) is 9.18 Å². The molecule has 0 aliphatic heterocycles. The van der Waals surface area contributed by atoms with Crippen molar-refractivity contribution in [3.05, 3.63) is 53.8 Å². The second-order valence-electron chi connectivity index (χ2n) is 4.51. The highest BCUT2D eigenvalue weighted by Crippen LogP contribution is 2.29. The number of carbonyl (C=O) groups excluding carboxylic acids is 1. The molecule has 1 radical (unpaired) electrons.